The fourth-order valence-electron chi connectivity index (χ4n) is 2.34. The normalized spacial score (nSPS) is 12.0. The van der Waals surface area contributed by atoms with Crippen LogP contribution >= 0.6 is 0 Å². The number of fused-ring (bicyclic) bond motifs is 1. The van der Waals surface area contributed by atoms with Crippen molar-refractivity contribution in [3.8, 4) is 0 Å². The van der Waals surface area contributed by atoms with Crippen molar-refractivity contribution in [1.82, 2.24) is 20.4 Å². The fraction of sp³-hybridized carbons (Fsp3) is 0.375. The standard InChI is InChI=1S/C16H20N4O3/c1-4-17-15(22)10(2)18-14(21)9-13-11-7-5-6-8-12(11)16(23)20(3)19-13/h5-8,10H,4,9H2,1-3H3,(H,17,22)(H,18,21)/t10-/m1/s1. The first kappa shape index (κ1) is 16.7. The van der Waals surface area contributed by atoms with Crippen molar-refractivity contribution in [3.63, 3.8) is 0 Å². The summed E-state index contributed by atoms with van der Waals surface area (Å²) in [6.45, 7) is 3.94. The monoisotopic (exact) mass is 316 g/mol. The Balaban J connectivity index is 2.22. The van der Waals surface area contributed by atoms with E-state index in [9.17, 15) is 14.4 Å². The van der Waals surface area contributed by atoms with Gasteiger partial charge in [-0.15, -0.1) is 0 Å². The number of benzene rings is 1. The van der Waals surface area contributed by atoms with Gasteiger partial charge < -0.3 is 10.6 Å². The molecule has 2 aromatic rings. The molecule has 1 aromatic heterocycles. The molecule has 122 valence electrons. The summed E-state index contributed by atoms with van der Waals surface area (Å²) in [5, 5.41) is 10.6. The van der Waals surface area contributed by atoms with Crippen LogP contribution in [0.25, 0.3) is 10.8 Å². The molecule has 1 heterocycles. The van der Waals surface area contributed by atoms with Gasteiger partial charge in [0.05, 0.1) is 17.5 Å². The molecule has 0 unspecified atom stereocenters. The van der Waals surface area contributed by atoms with Gasteiger partial charge in [-0.2, -0.15) is 5.10 Å². The number of amides is 2. The van der Waals surface area contributed by atoms with Gasteiger partial charge in [-0.1, -0.05) is 18.2 Å². The minimum Gasteiger partial charge on any atom is -0.355 e. The summed E-state index contributed by atoms with van der Waals surface area (Å²) < 4.78 is 1.22. The SMILES string of the molecule is CCNC(=O)[C@@H](C)NC(=O)Cc1nn(C)c(=O)c2ccccc12. The summed E-state index contributed by atoms with van der Waals surface area (Å²) in [6, 6.07) is 6.41. The molecule has 2 N–H and O–H groups in total. The molecule has 0 aliphatic carbocycles. The number of likely N-dealkylation sites (N-methyl/N-ethyl adjacent to an activating group) is 1. The van der Waals surface area contributed by atoms with Gasteiger partial charge >= 0.3 is 0 Å². The van der Waals surface area contributed by atoms with Crippen molar-refractivity contribution in [1.29, 1.82) is 0 Å². The lowest BCUT2D eigenvalue weighted by Crippen LogP contribution is -2.45. The van der Waals surface area contributed by atoms with Crippen molar-refractivity contribution in [2.45, 2.75) is 26.3 Å². The molecule has 7 heteroatoms. The van der Waals surface area contributed by atoms with E-state index in [1.165, 1.54) is 4.68 Å². The van der Waals surface area contributed by atoms with E-state index in [0.29, 0.717) is 23.0 Å². The highest BCUT2D eigenvalue weighted by molar-refractivity contribution is 5.91. The molecular weight excluding hydrogens is 296 g/mol. The Hall–Kier alpha value is -2.70. The number of aromatic nitrogens is 2. The second kappa shape index (κ2) is 7.04. The largest absolute Gasteiger partial charge is 0.355 e. The van der Waals surface area contributed by atoms with Crippen molar-refractivity contribution in [2.24, 2.45) is 7.05 Å². The third kappa shape index (κ3) is 3.74. The number of carbonyl (C=O) groups is 2. The van der Waals surface area contributed by atoms with Crippen LogP contribution in [0.1, 0.15) is 19.5 Å². The van der Waals surface area contributed by atoms with Gasteiger partial charge in [0.25, 0.3) is 5.56 Å². The van der Waals surface area contributed by atoms with Gasteiger partial charge in [0.15, 0.2) is 0 Å². The summed E-state index contributed by atoms with van der Waals surface area (Å²) >= 11 is 0. The minimum absolute atomic E-state index is 0.00161. The Kier molecular flexibility index (Phi) is 5.10. The molecule has 0 aliphatic heterocycles. The summed E-state index contributed by atoms with van der Waals surface area (Å²) in [5.41, 5.74) is 0.295. The number of carbonyl (C=O) groups excluding carboxylic acids is 2. The van der Waals surface area contributed by atoms with Gasteiger partial charge in [-0.25, -0.2) is 4.68 Å². The maximum Gasteiger partial charge on any atom is 0.274 e. The molecule has 0 bridgehead atoms. The Morgan fingerprint density at radius 3 is 2.57 bits per heavy atom. The van der Waals surface area contributed by atoms with E-state index < -0.39 is 6.04 Å². The Morgan fingerprint density at radius 1 is 1.26 bits per heavy atom. The predicted octanol–water partition coefficient (Wildman–Crippen LogP) is 0.117. The second-order valence-corrected chi connectivity index (χ2v) is 5.28. The van der Waals surface area contributed by atoms with Gasteiger partial charge in [-0.3, -0.25) is 14.4 Å². The third-order valence-corrected chi connectivity index (χ3v) is 3.48. The maximum atomic E-state index is 12.2. The van der Waals surface area contributed by atoms with Crippen LogP contribution in [0.15, 0.2) is 29.1 Å². The highest BCUT2D eigenvalue weighted by Crippen LogP contribution is 2.13. The molecule has 1 atom stereocenters. The zero-order chi connectivity index (χ0) is 17.0. The van der Waals surface area contributed by atoms with Crippen LogP contribution in [0.2, 0.25) is 0 Å². The van der Waals surface area contributed by atoms with Crippen molar-refractivity contribution >= 4 is 22.6 Å². The van der Waals surface area contributed by atoms with E-state index in [4.69, 9.17) is 0 Å². The molecule has 0 fully saturated rings. The smallest absolute Gasteiger partial charge is 0.274 e. The molecule has 7 nitrogen and oxygen atoms in total. The fourth-order valence-corrected chi connectivity index (χ4v) is 2.34. The zero-order valence-electron chi connectivity index (χ0n) is 13.4. The number of aryl methyl sites for hydroxylation is 1. The van der Waals surface area contributed by atoms with Gasteiger partial charge in [0, 0.05) is 19.0 Å². The van der Waals surface area contributed by atoms with Gasteiger partial charge in [0.1, 0.15) is 6.04 Å². The molecule has 23 heavy (non-hydrogen) atoms. The average molecular weight is 316 g/mol. The Labute approximate surface area is 133 Å². The van der Waals surface area contributed by atoms with E-state index in [0.717, 1.165) is 0 Å². The number of hydrogen-bond donors (Lipinski definition) is 2. The van der Waals surface area contributed by atoms with Gasteiger partial charge in [-0.05, 0) is 19.9 Å². The van der Waals surface area contributed by atoms with Crippen molar-refractivity contribution in [2.75, 3.05) is 6.54 Å². The van der Waals surface area contributed by atoms with E-state index in [1.807, 2.05) is 6.92 Å². The lowest BCUT2D eigenvalue weighted by molar-refractivity contribution is -0.128. The van der Waals surface area contributed by atoms with Crippen LogP contribution in [0.4, 0.5) is 0 Å². The summed E-state index contributed by atoms with van der Waals surface area (Å²) in [4.78, 5) is 35.9. The van der Waals surface area contributed by atoms with E-state index in [2.05, 4.69) is 15.7 Å². The average Bonchev–Trinajstić information content (AvgIpc) is 2.52. The first-order valence-electron chi connectivity index (χ1n) is 7.46. The molecule has 0 radical (unpaired) electrons. The molecule has 2 rings (SSSR count). The summed E-state index contributed by atoms with van der Waals surface area (Å²) in [5.74, 6) is -0.556. The summed E-state index contributed by atoms with van der Waals surface area (Å²) in [6.07, 6.45) is -0.00161. The molecule has 1 aromatic carbocycles. The van der Waals surface area contributed by atoms with Crippen LogP contribution in [0.5, 0.6) is 0 Å². The molecule has 0 spiro atoms. The number of hydrogen-bond acceptors (Lipinski definition) is 4. The highest BCUT2D eigenvalue weighted by Gasteiger charge is 2.17. The van der Waals surface area contributed by atoms with E-state index in [-0.39, 0.29) is 23.8 Å². The third-order valence-electron chi connectivity index (χ3n) is 3.48. The van der Waals surface area contributed by atoms with Crippen molar-refractivity contribution < 1.29 is 9.59 Å². The lowest BCUT2D eigenvalue weighted by Gasteiger charge is -2.14. The molecule has 0 aliphatic rings. The van der Waals surface area contributed by atoms with Gasteiger partial charge in [0.2, 0.25) is 11.8 Å². The topological polar surface area (TPSA) is 93.1 Å². The van der Waals surface area contributed by atoms with Crippen LogP contribution in [-0.2, 0) is 23.1 Å². The van der Waals surface area contributed by atoms with Crippen LogP contribution in [0.3, 0.4) is 0 Å². The van der Waals surface area contributed by atoms with E-state index >= 15 is 0 Å². The second-order valence-electron chi connectivity index (χ2n) is 5.28. The number of rotatable bonds is 5. The molecular formula is C16H20N4O3. The zero-order valence-corrected chi connectivity index (χ0v) is 13.4. The van der Waals surface area contributed by atoms with Crippen LogP contribution in [-0.4, -0.2) is 34.2 Å². The quantitative estimate of drug-likeness (QED) is 0.819. The Morgan fingerprint density at radius 2 is 1.91 bits per heavy atom. The Bertz CT molecular complexity index is 798. The lowest BCUT2D eigenvalue weighted by atomic mass is 10.1. The van der Waals surface area contributed by atoms with Crippen molar-refractivity contribution in [3.05, 3.63) is 40.3 Å². The number of nitrogens with one attached hydrogen (secondary N) is 2. The first-order valence-corrected chi connectivity index (χ1v) is 7.46. The molecule has 0 saturated carbocycles. The van der Waals surface area contributed by atoms with E-state index in [1.54, 1.807) is 38.2 Å². The highest BCUT2D eigenvalue weighted by atomic mass is 16.2. The maximum absolute atomic E-state index is 12.2. The molecule has 0 saturated heterocycles. The predicted molar refractivity (Wildman–Crippen MR) is 87.0 cm³/mol. The first-order chi connectivity index (χ1) is 10.9. The van der Waals surface area contributed by atoms with Crippen LogP contribution < -0.4 is 16.2 Å². The molecule has 2 amide bonds. The number of nitrogens with zero attached hydrogens (tertiary/aromatic N) is 2. The minimum atomic E-state index is -0.624. The summed E-state index contributed by atoms with van der Waals surface area (Å²) in [7, 11) is 1.55. The van der Waals surface area contributed by atoms with Crippen LogP contribution in [0, 0.1) is 0 Å².